The molecule has 0 spiro atoms. The predicted molar refractivity (Wildman–Crippen MR) is 116 cm³/mol. The molecule has 0 bridgehead atoms. The summed E-state index contributed by atoms with van der Waals surface area (Å²) in [7, 11) is 3.47. The Morgan fingerprint density at radius 1 is 1.03 bits per heavy atom. The minimum atomic E-state index is -0.270. The van der Waals surface area contributed by atoms with Gasteiger partial charge in [0.05, 0.1) is 12.8 Å². The van der Waals surface area contributed by atoms with Gasteiger partial charge >= 0.3 is 0 Å². The van der Waals surface area contributed by atoms with Crippen LogP contribution >= 0.6 is 0 Å². The van der Waals surface area contributed by atoms with Crippen LogP contribution in [0.3, 0.4) is 0 Å². The third-order valence-electron chi connectivity index (χ3n) is 5.41. The van der Waals surface area contributed by atoms with E-state index >= 15 is 0 Å². The lowest BCUT2D eigenvalue weighted by molar-refractivity contribution is 0.101. The molecule has 0 radical (unpaired) electrons. The van der Waals surface area contributed by atoms with Gasteiger partial charge in [0.25, 0.3) is 0 Å². The summed E-state index contributed by atoms with van der Waals surface area (Å²) in [6.07, 6.45) is 1.78. The maximum atomic E-state index is 13.1. The summed E-state index contributed by atoms with van der Waals surface area (Å²) in [5.74, 6) is 0.496. The minimum absolute atomic E-state index is 0.0187. The number of aromatic hydroxyl groups is 1. The molecular formula is C25H19NO4. The molecule has 1 N–H and O–H groups in total. The Morgan fingerprint density at radius 3 is 2.53 bits per heavy atom. The third-order valence-corrected chi connectivity index (χ3v) is 5.41. The van der Waals surface area contributed by atoms with E-state index in [0.29, 0.717) is 17.1 Å². The molecule has 5 rings (SSSR count). The number of ether oxygens (including phenoxy) is 2. The number of rotatable bonds is 3. The van der Waals surface area contributed by atoms with E-state index in [0.717, 1.165) is 27.7 Å². The normalized spacial score (nSPS) is 14.2. The van der Waals surface area contributed by atoms with Crippen LogP contribution in [0.1, 0.15) is 15.9 Å². The molecule has 0 amide bonds. The Labute approximate surface area is 173 Å². The topological polar surface area (TPSA) is 60.7 Å². The maximum Gasteiger partial charge on any atom is 0.235 e. The van der Waals surface area contributed by atoms with Crippen LogP contribution in [0.25, 0.3) is 28.2 Å². The molecule has 0 saturated carbocycles. The second-order valence-electron chi connectivity index (χ2n) is 7.17. The van der Waals surface area contributed by atoms with Crippen LogP contribution in [0.5, 0.6) is 17.2 Å². The highest BCUT2D eigenvalue weighted by Crippen LogP contribution is 2.42. The summed E-state index contributed by atoms with van der Waals surface area (Å²) < 4.78 is 13.3. The number of hydrogen-bond acceptors (Lipinski definition) is 4. The fraction of sp³-hybridized carbons (Fsp3) is 0.0800. The van der Waals surface area contributed by atoms with Gasteiger partial charge in [-0.05, 0) is 17.7 Å². The molecule has 5 nitrogen and oxygen atoms in total. The fourth-order valence-electron chi connectivity index (χ4n) is 4.07. The number of aryl methyl sites for hydroxylation is 1. The van der Waals surface area contributed by atoms with Gasteiger partial charge in [-0.15, -0.1) is 0 Å². The molecule has 0 atom stereocenters. The first-order valence-electron chi connectivity index (χ1n) is 9.56. The average molecular weight is 397 g/mol. The third kappa shape index (κ3) is 2.67. The number of benzene rings is 3. The molecule has 148 valence electrons. The molecule has 0 saturated heterocycles. The monoisotopic (exact) mass is 397 g/mol. The van der Waals surface area contributed by atoms with E-state index in [1.807, 2.05) is 55.6 Å². The number of phenolic OH excluding ortho intramolecular Hbond substituents is 1. The van der Waals surface area contributed by atoms with E-state index in [1.165, 1.54) is 19.2 Å². The van der Waals surface area contributed by atoms with Crippen LogP contribution in [0.4, 0.5) is 0 Å². The number of phenols is 1. The summed E-state index contributed by atoms with van der Waals surface area (Å²) in [5.41, 5.74) is 4.32. The number of allylic oxidation sites excluding steroid dienone is 1. The van der Waals surface area contributed by atoms with Crippen molar-refractivity contribution in [2.24, 2.45) is 7.05 Å². The lowest BCUT2D eigenvalue weighted by atomic mass is 10.0. The standard InChI is InChI=1S/C25H19NO4/c1-26-19-11-7-6-10-17(19)18(24(26)15-8-4-3-5-9-15)14-22-25(28)23-20(29-2)12-16(27)13-21(23)30-22/h3-14,27H,1-2H3. The summed E-state index contributed by atoms with van der Waals surface area (Å²) >= 11 is 0. The van der Waals surface area contributed by atoms with Crippen molar-refractivity contribution in [2.45, 2.75) is 0 Å². The second-order valence-corrected chi connectivity index (χ2v) is 7.17. The van der Waals surface area contributed by atoms with Crippen molar-refractivity contribution < 1.29 is 19.4 Å². The van der Waals surface area contributed by atoms with Crippen LogP contribution in [0.2, 0.25) is 0 Å². The van der Waals surface area contributed by atoms with Crippen molar-refractivity contribution in [3.8, 4) is 28.5 Å². The molecule has 0 aliphatic carbocycles. The average Bonchev–Trinajstić information content (AvgIpc) is 3.22. The molecule has 0 unspecified atom stereocenters. The molecular weight excluding hydrogens is 378 g/mol. The molecule has 3 aromatic carbocycles. The molecule has 0 fully saturated rings. The van der Waals surface area contributed by atoms with Gasteiger partial charge in [0.15, 0.2) is 5.76 Å². The van der Waals surface area contributed by atoms with Crippen molar-refractivity contribution in [3.05, 3.63) is 83.6 Å². The van der Waals surface area contributed by atoms with E-state index in [1.54, 1.807) is 6.08 Å². The van der Waals surface area contributed by atoms with Gasteiger partial charge in [0.1, 0.15) is 22.8 Å². The Balaban J connectivity index is 1.73. The first kappa shape index (κ1) is 18.1. The molecule has 1 aliphatic rings. The zero-order chi connectivity index (χ0) is 20.8. The number of ketones is 1. The number of carbonyl (C=O) groups is 1. The molecule has 2 heterocycles. The first-order chi connectivity index (χ1) is 14.6. The van der Waals surface area contributed by atoms with E-state index < -0.39 is 0 Å². The van der Waals surface area contributed by atoms with Crippen LogP contribution in [-0.4, -0.2) is 22.6 Å². The summed E-state index contributed by atoms with van der Waals surface area (Å²) in [4.78, 5) is 13.1. The van der Waals surface area contributed by atoms with Gasteiger partial charge in [0.2, 0.25) is 5.78 Å². The Morgan fingerprint density at radius 2 is 1.77 bits per heavy atom. The number of para-hydroxylation sites is 1. The number of nitrogens with zero attached hydrogens (tertiary/aromatic N) is 1. The van der Waals surface area contributed by atoms with Crippen molar-refractivity contribution in [1.82, 2.24) is 4.57 Å². The quantitative estimate of drug-likeness (QED) is 0.484. The van der Waals surface area contributed by atoms with Gasteiger partial charge in [-0.25, -0.2) is 0 Å². The number of carbonyl (C=O) groups excluding carboxylic acids is 1. The SMILES string of the molecule is COc1cc(O)cc2c1C(=O)C(=Cc1c(-c3ccccc3)n(C)c3ccccc13)O2. The predicted octanol–water partition coefficient (Wildman–Crippen LogP) is 5.18. The van der Waals surface area contributed by atoms with Gasteiger partial charge in [-0.1, -0.05) is 48.5 Å². The highest BCUT2D eigenvalue weighted by molar-refractivity contribution is 6.17. The maximum absolute atomic E-state index is 13.1. The number of aromatic nitrogens is 1. The van der Waals surface area contributed by atoms with Crippen LogP contribution in [0, 0.1) is 0 Å². The van der Waals surface area contributed by atoms with Crippen LogP contribution in [-0.2, 0) is 7.05 Å². The Kier molecular flexibility index (Phi) is 4.10. The zero-order valence-corrected chi connectivity index (χ0v) is 16.5. The largest absolute Gasteiger partial charge is 0.508 e. The first-order valence-corrected chi connectivity index (χ1v) is 9.56. The lowest BCUT2D eigenvalue weighted by Gasteiger charge is -2.07. The van der Waals surface area contributed by atoms with Crippen LogP contribution < -0.4 is 9.47 Å². The fourth-order valence-corrected chi connectivity index (χ4v) is 4.07. The van der Waals surface area contributed by atoms with E-state index in [2.05, 4.69) is 10.6 Å². The summed E-state index contributed by atoms with van der Waals surface area (Å²) in [6, 6.07) is 20.9. The number of fused-ring (bicyclic) bond motifs is 2. The molecule has 4 aromatic rings. The highest BCUT2D eigenvalue weighted by atomic mass is 16.5. The van der Waals surface area contributed by atoms with E-state index in [9.17, 15) is 9.90 Å². The summed E-state index contributed by atoms with van der Waals surface area (Å²) in [6.45, 7) is 0. The molecule has 1 aliphatic heterocycles. The van der Waals surface area contributed by atoms with Crippen molar-refractivity contribution in [1.29, 1.82) is 0 Å². The Bertz CT molecular complexity index is 1330. The van der Waals surface area contributed by atoms with Gasteiger partial charge in [0, 0.05) is 35.6 Å². The van der Waals surface area contributed by atoms with Crippen LogP contribution in [0.15, 0.2) is 72.5 Å². The second kappa shape index (κ2) is 6.81. The van der Waals surface area contributed by atoms with Gasteiger partial charge in [-0.2, -0.15) is 0 Å². The van der Waals surface area contributed by atoms with Crippen molar-refractivity contribution in [2.75, 3.05) is 7.11 Å². The number of methoxy groups -OCH3 is 1. The minimum Gasteiger partial charge on any atom is -0.508 e. The number of hydrogen-bond donors (Lipinski definition) is 1. The van der Waals surface area contributed by atoms with Gasteiger partial charge < -0.3 is 19.1 Å². The van der Waals surface area contributed by atoms with E-state index in [-0.39, 0.29) is 17.3 Å². The lowest BCUT2D eigenvalue weighted by Crippen LogP contribution is -2.00. The van der Waals surface area contributed by atoms with Crippen molar-refractivity contribution in [3.63, 3.8) is 0 Å². The van der Waals surface area contributed by atoms with E-state index in [4.69, 9.17) is 9.47 Å². The highest BCUT2D eigenvalue weighted by Gasteiger charge is 2.32. The van der Waals surface area contributed by atoms with Crippen molar-refractivity contribution >= 4 is 22.8 Å². The van der Waals surface area contributed by atoms with Gasteiger partial charge in [-0.3, -0.25) is 4.79 Å². The molecule has 1 aromatic heterocycles. The summed E-state index contributed by atoms with van der Waals surface area (Å²) in [5, 5.41) is 10.9. The molecule has 5 heteroatoms. The number of Topliss-reactive ketones (excluding diaryl/α,β-unsaturated/α-hetero) is 1. The molecule has 30 heavy (non-hydrogen) atoms. The Hall–Kier alpha value is -3.99. The zero-order valence-electron chi connectivity index (χ0n) is 16.5. The smallest absolute Gasteiger partial charge is 0.235 e.